The van der Waals surface area contributed by atoms with E-state index in [9.17, 15) is 0 Å². The van der Waals surface area contributed by atoms with E-state index in [1.165, 1.54) is 23.4 Å². The summed E-state index contributed by atoms with van der Waals surface area (Å²) in [6, 6.07) is 0. The molecule has 1 aliphatic carbocycles. The van der Waals surface area contributed by atoms with Gasteiger partial charge >= 0.3 is 0 Å². The lowest BCUT2D eigenvalue weighted by molar-refractivity contribution is 0.119. The number of rotatable bonds is 5. The van der Waals surface area contributed by atoms with Crippen molar-refractivity contribution in [2.45, 2.75) is 38.6 Å². The maximum atomic E-state index is 6.49. The topological polar surface area (TPSA) is 48.1 Å². The molecule has 1 aromatic heterocycles. The van der Waals surface area contributed by atoms with Crippen molar-refractivity contribution in [2.75, 3.05) is 13.7 Å². The molecule has 2 N–H and O–H groups in total. The molecule has 1 fully saturated rings. The van der Waals surface area contributed by atoms with Crippen LogP contribution in [0, 0.1) is 12.8 Å². The second-order valence-electron chi connectivity index (χ2n) is 4.62. The van der Waals surface area contributed by atoms with Gasteiger partial charge in [0.15, 0.2) is 0 Å². The van der Waals surface area contributed by atoms with Crippen LogP contribution in [0.4, 0.5) is 0 Å². The average molecular weight is 240 g/mol. The molecule has 1 saturated carbocycles. The van der Waals surface area contributed by atoms with Crippen molar-refractivity contribution in [2.24, 2.45) is 11.7 Å². The quantitative estimate of drug-likeness (QED) is 0.858. The Morgan fingerprint density at radius 2 is 2.25 bits per heavy atom. The van der Waals surface area contributed by atoms with Crippen LogP contribution in [0.5, 0.6) is 0 Å². The number of nitrogens with two attached hydrogens (primary N) is 1. The third kappa shape index (κ3) is 2.01. The van der Waals surface area contributed by atoms with Gasteiger partial charge in [-0.25, -0.2) is 4.98 Å². The molecule has 0 spiro atoms. The minimum absolute atomic E-state index is 0.350. The van der Waals surface area contributed by atoms with Gasteiger partial charge in [-0.2, -0.15) is 0 Å². The first kappa shape index (κ1) is 12.0. The summed E-state index contributed by atoms with van der Waals surface area (Å²) < 4.78 is 5.29. The number of hydrogen-bond donors (Lipinski definition) is 1. The first-order valence-corrected chi connectivity index (χ1v) is 6.68. The Labute approximate surface area is 101 Å². The van der Waals surface area contributed by atoms with Gasteiger partial charge in [0.2, 0.25) is 0 Å². The maximum absolute atomic E-state index is 6.49. The van der Waals surface area contributed by atoms with Crippen LogP contribution in [0.1, 0.15) is 35.3 Å². The molecule has 0 aliphatic heterocycles. The Hall–Kier alpha value is -0.450. The van der Waals surface area contributed by atoms with Crippen molar-refractivity contribution >= 4 is 11.3 Å². The summed E-state index contributed by atoms with van der Waals surface area (Å²) in [6.45, 7) is 4.84. The van der Waals surface area contributed by atoms with Gasteiger partial charge in [-0.3, -0.25) is 0 Å². The molecule has 1 aliphatic rings. The molecule has 1 aromatic rings. The first-order chi connectivity index (χ1) is 7.61. The van der Waals surface area contributed by atoms with Crippen LogP contribution in [0.25, 0.3) is 0 Å². The number of aryl methyl sites for hydroxylation is 2. The molecule has 2 rings (SSSR count). The summed E-state index contributed by atoms with van der Waals surface area (Å²) in [4.78, 5) is 5.99. The summed E-state index contributed by atoms with van der Waals surface area (Å²) in [7, 11) is 1.71. The average Bonchev–Trinajstić information content (AvgIpc) is 3.03. The number of thiazole rings is 1. The molecule has 3 nitrogen and oxygen atoms in total. The van der Waals surface area contributed by atoms with Gasteiger partial charge in [0.05, 0.1) is 17.8 Å². The Kier molecular flexibility index (Phi) is 3.33. The zero-order chi connectivity index (χ0) is 11.8. The van der Waals surface area contributed by atoms with Crippen LogP contribution in [0.3, 0.4) is 0 Å². The molecule has 1 atom stereocenters. The maximum Gasteiger partial charge on any atom is 0.116 e. The zero-order valence-corrected chi connectivity index (χ0v) is 11.1. The summed E-state index contributed by atoms with van der Waals surface area (Å²) in [6.07, 6.45) is 3.40. The SMILES string of the molecule is CCc1nc(C(N)(COC)C2CC2)sc1C. The molecule has 1 unspecified atom stereocenters. The van der Waals surface area contributed by atoms with Gasteiger partial charge in [-0.05, 0) is 32.1 Å². The van der Waals surface area contributed by atoms with Crippen LogP contribution in [0.15, 0.2) is 0 Å². The van der Waals surface area contributed by atoms with Crippen LogP contribution >= 0.6 is 11.3 Å². The van der Waals surface area contributed by atoms with Crippen LogP contribution in [-0.2, 0) is 16.7 Å². The monoisotopic (exact) mass is 240 g/mol. The molecule has 1 heterocycles. The Balaban J connectivity index is 2.30. The molecule has 0 saturated heterocycles. The van der Waals surface area contributed by atoms with Crippen molar-refractivity contribution in [1.29, 1.82) is 0 Å². The van der Waals surface area contributed by atoms with E-state index in [2.05, 4.69) is 13.8 Å². The van der Waals surface area contributed by atoms with Crippen LogP contribution in [-0.4, -0.2) is 18.7 Å². The minimum Gasteiger partial charge on any atom is -0.382 e. The summed E-state index contributed by atoms with van der Waals surface area (Å²) in [5.41, 5.74) is 7.33. The second-order valence-corrected chi connectivity index (χ2v) is 5.83. The van der Waals surface area contributed by atoms with E-state index in [0.29, 0.717) is 12.5 Å². The molecule has 0 amide bonds. The Morgan fingerprint density at radius 1 is 1.56 bits per heavy atom. The predicted molar refractivity (Wildman–Crippen MR) is 66.7 cm³/mol. The first-order valence-electron chi connectivity index (χ1n) is 5.86. The molecule has 0 aromatic carbocycles. The smallest absolute Gasteiger partial charge is 0.116 e. The van der Waals surface area contributed by atoms with E-state index in [-0.39, 0.29) is 5.54 Å². The highest BCUT2D eigenvalue weighted by molar-refractivity contribution is 7.11. The number of ether oxygens (including phenoxy) is 1. The normalized spacial score (nSPS) is 19.8. The fraction of sp³-hybridized carbons (Fsp3) is 0.750. The Morgan fingerprint density at radius 3 is 2.69 bits per heavy atom. The highest BCUT2D eigenvalue weighted by atomic mass is 32.1. The molecule has 0 radical (unpaired) electrons. The third-order valence-electron chi connectivity index (χ3n) is 3.31. The summed E-state index contributed by atoms with van der Waals surface area (Å²) >= 11 is 1.74. The number of hydrogen-bond acceptors (Lipinski definition) is 4. The molecule has 90 valence electrons. The van der Waals surface area contributed by atoms with Gasteiger partial charge in [0.25, 0.3) is 0 Å². The number of nitrogens with zero attached hydrogens (tertiary/aromatic N) is 1. The van der Waals surface area contributed by atoms with Gasteiger partial charge in [0.1, 0.15) is 5.01 Å². The third-order valence-corrected chi connectivity index (χ3v) is 4.52. The van der Waals surface area contributed by atoms with E-state index < -0.39 is 0 Å². The molecule has 4 heteroatoms. The highest BCUT2D eigenvalue weighted by Gasteiger charge is 2.45. The van der Waals surface area contributed by atoms with Gasteiger partial charge in [0, 0.05) is 12.0 Å². The minimum atomic E-state index is -0.350. The largest absolute Gasteiger partial charge is 0.382 e. The van der Waals surface area contributed by atoms with Crippen molar-refractivity contribution in [3.05, 3.63) is 15.6 Å². The van der Waals surface area contributed by atoms with Gasteiger partial charge < -0.3 is 10.5 Å². The number of aromatic nitrogens is 1. The summed E-state index contributed by atoms with van der Waals surface area (Å²) in [5.74, 6) is 0.558. The zero-order valence-electron chi connectivity index (χ0n) is 10.2. The predicted octanol–water partition coefficient (Wildman–Crippen LogP) is 2.22. The lowest BCUT2D eigenvalue weighted by atomic mass is 9.96. The highest BCUT2D eigenvalue weighted by Crippen LogP contribution is 2.45. The molecular weight excluding hydrogens is 220 g/mol. The van der Waals surface area contributed by atoms with Gasteiger partial charge in [-0.1, -0.05) is 6.92 Å². The van der Waals surface area contributed by atoms with Crippen molar-refractivity contribution < 1.29 is 4.74 Å². The second kappa shape index (κ2) is 4.43. The van der Waals surface area contributed by atoms with E-state index in [1.54, 1.807) is 18.4 Å². The van der Waals surface area contributed by atoms with Crippen molar-refractivity contribution in [1.82, 2.24) is 4.98 Å². The van der Waals surface area contributed by atoms with Crippen molar-refractivity contribution in [3.8, 4) is 0 Å². The van der Waals surface area contributed by atoms with Gasteiger partial charge in [-0.15, -0.1) is 11.3 Å². The molecule has 0 bridgehead atoms. The van der Waals surface area contributed by atoms with E-state index in [1.807, 2.05) is 0 Å². The fourth-order valence-electron chi connectivity index (χ4n) is 2.15. The Bertz CT molecular complexity index is 373. The molecule has 16 heavy (non-hydrogen) atoms. The lowest BCUT2D eigenvalue weighted by Gasteiger charge is -2.26. The van der Waals surface area contributed by atoms with Crippen LogP contribution < -0.4 is 5.73 Å². The van der Waals surface area contributed by atoms with E-state index >= 15 is 0 Å². The standard InChI is InChI=1S/C12H20N2OS/c1-4-10-8(2)16-11(14-10)12(13,7-15-3)9-5-6-9/h9H,4-7,13H2,1-3H3. The van der Waals surface area contributed by atoms with Crippen molar-refractivity contribution in [3.63, 3.8) is 0 Å². The fourth-order valence-corrected chi connectivity index (χ4v) is 3.32. The van der Waals surface area contributed by atoms with E-state index in [4.69, 9.17) is 15.5 Å². The lowest BCUT2D eigenvalue weighted by Crippen LogP contribution is -2.43. The molecular formula is C12H20N2OS. The number of methoxy groups -OCH3 is 1. The van der Waals surface area contributed by atoms with E-state index in [0.717, 1.165) is 11.4 Å². The van der Waals surface area contributed by atoms with Crippen LogP contribution in [0.2, 0.25) is 0 Å². The summed E-state index contributed by atoms with van der Waals surface area (Å²) in [5, 5.41) is 1.06.